The van der Waals surface area contributed by atoms with Crippen LogP contribution >= 0.6 is 0 Å². The van der Waals surface area contributed by atoms with Crippen molar-refractivity contribution < 1.29 is 4.79 Å². The van der Waals surface area contributed by atoms with E-state index < -0.39 is 0 Å². The van der Waals surface area contributed by atoms with Crippen molar-refractivity contribution in [3.05, 3.63) is 0 Å². The summed E-state index contributed by atoms with van der Waals surface area (Å²) < 4.78 is 0. The third kappa shape index (κ3) is 2.78. The monoisotopic (exact) mass is 184 g/mol. The molecule has 0 aromatic heterocycles. The van der Waals surface area contributed by atoms with E-state index in [4.69, 9.17) is 0 Å². The number of nitrogens with zero attached hydrogens (tertiary/aromatic N) is 1. The van der Waals surface area contributed by atoms with Gasteiger partial charge in [-0.15, -0.1) is 0 Å². The van der Waals surface area contributed by atoms with Gasteiger partial charge >= 0.3 is 0 Å². The summed E-state index contributed by atoms with van der Waals surface area (Å²) in [5.41, 5.74) is 0. The van der Waals surface area contributed by atoms with Gasteiger partial charge in [0.25, 0.3) is 0 Å². The Morgan fingerprint density at radius 3 is 3.08 bits per heavy atom. The summed E-state index contributed by atoms with van der Waals surface area (Å²) >= 11 is 0. The van der Waals surface area contributed by atoms with Crippen LogP contribution in [-0.2, 0) is 4.79 Å². The maximum absolute atomic E-state index is 10.7. The molecule has 76 valence electrons. The maximum Gasteiger partial charge on any atom is 0.124 e. The molecule has 1 saturated heterocycles. The van der Waals surface area contributed by atoms with Crippen molar-refractivity contribution in [2.24, 2.45) is 5.92 Å². The Balaban J connectivity index is 2.50. The lowest BCUT2D eigenvalue weighted by molar-refractivity contribution is -0.112. The summed E-state index contributed by atoms with van der Waals surface area (Å²) in [4.78, 5) is 13.1. The molecule has 0 aliphatic carbocycles. The molecule has 3 nitrogen and oxygen atoms in total. The summed E-state index contributed by atoms with van der Waals surface area (Å²) in [6.07, 6.45) is 2.24. The molecule has 2 atom stereocenters. The predicted molar refractivity (Wildman–Crippen MR) is 53.7 cm³/mol. The molecule has 0 aromatic carbocycles. The van der Waals surface area contributed by atoms with Crippen LogP contribution in [0.5, 0.6) is 0 Å². The molecular formula is C10H20N2O. The van der Waals surface area contributed by atoms with Gasteiger partial charge in [0.2, 0.25) is 0 Å². The third-order valence-corrected chi connectivity index (χ3v) is 2.73. The van der Waals surface area contributed by atoms with Crippen LogP contribution < -0.4 is 5.32 Å². The highest BCUT2D eigenvalue weighted by Gasteiger charge is 2.25. The Kier molecular flexibility index (Phi) is 4.39. The second-order valence-electron chi connectivity index (χ2n) is 3.80. The minimum Gasteiger partial charge on any atom is -0.314 e. The largest absolute Gasteiger partial charge is 0.314 e. The second-order valence-corrected chi connectivity index (χ2v) is 3.80. The zero-order chi connectivity index (χ0) is 9.68. The van der Waals surface area contributed by atoms with Gasteiger partial charge in [-0.3, -0.25) is 4.90 Å². The smallest absolute Gasteiger partial charge is 0.124 e. The van der Waals surface area contributed by atoms with Crippen LogP contribution in [0.15, 0.2) is 0 Å². The van der Waals surface area contributed by atoms with Crippen molar-refractivity contribution in [2.45, 2.75) is 26.3 Å². The number of nitrogens with one attached hydrogen (secondary N) is 1. The van der Waals surface area contributed by atoms with E-state index in [1.807, 2.05) is 6.92 Å². The van der Waals surface area contributed by atoms with E-state index >= 15 is 0 Å². The van der Waals surface area contributed by atoms with Gasteiger partial charge in [-0.25, -0.2) is 0 Å². The minimum absolute atomic E-state index is 0.152. The van der Waals surface area contributed by atoms with Crippen LogP contribution in [0, 0.1) is 5.92 Å². The predicted octanol–water partition coefficient (Wildman–Crippen LogP) is 0.505. The highest BCUT2D eigenvalue weighted by atomic mass is 16.1. The molecule has 1 fully saturated rings. The van der Waals surface area contributed by atoms with Crippen LogP contribution in [0.1, 0.15) is 20.3 Å². The molecule has 1 rings (SSSR count). The number of hydrogen-bond donors (Lipinski definition) is 1. The summed E-state index contributed by atoms with van der Waals surface area (Å²) in [6, 6.07) is 0.409. The van der Waals surface area contributed by atoms with Gasteiger partial charge in [0.1, 0.15) is 6.29 Å². The molecule has 13 heavy (non-hydrogen) atoms. The van der Waals surface area contributed by atoms with Gasteiger partial charge in [0.05, 0.1) is 0 Å². The zero-order valence-electron chi connectivity index (χ0n) is 8.62. The SMILES string of the molecule is CCCN1CCNCC1C(C)C=O. The lowest BCUT2D eigenvalue weighted by Crippen LogP contribution is -2.54. The van der Waals surface area contributed by atoms with Gasteiger partial charge in [0.15, 0.2) is 0 Å². The molecule has 2 unspecified atom stereocenters. The summed E-state index contributed by atoms with van der Waals surface area (Å²) in [5.74, 6) is 0.152. The summed E-state index contributed by atoms with van der Waals surface area (Å²) in [5, 5.41) is 3.34. The van der Waals surface area contributed by atoms with Gasteiger partial charge < -0.3 is 10.1 Å². The molecule has 0 radical (unpaired) electrons. The Hall–Kier alpha value is -0.410. The first-order chi connectivity index (χ1) is 6.29. The molecule has 0 spiro atoms. The number of carbonyl (C=O) groups is 1. The fourth-order valence-corrected chi connectivity index (χ4v) is 1.94. The average molecular weight is 184 g/mol. The highest BCUT2D eigenvalue weighted by molar-refractivity contribution is 5.54. The number of hydrogen-bond acceptors (Lipinski definition) is 3. The second kappa shape index (κ2) is 5.35. The van der Waals surface area contributed by atoms with E-state index in [9.17, 15) is 4.79 Å². The first-order valence-electron chi connectivity index (χ1n) is 5.19. The fourth-order valence-electron chi connectivity index (χ4n) is 1.94. The van der Waals surface area contributed by atoms with Crippen LogP contribution in [0.3, 0.4) is 0 Å². The standard InChI is InChI=1S/C10H20N2O/c1-3-5-12-6-4-11-7-10(12)9(2)8-13/h8-11H,3-7H2,1-2H3. The molecule has 1 N–H and O–H groups in total. The van der Waals surface area contributed by atoms with Crippen molar-refractivity contribution >= 4 is 6.29 Å². The number of piperazine rings is 1. The molecule has 1 aliphatic heterocycles. The molecule has 1 heterocycles. The van der Waals surface area contributed by atoms with Crippen molar-refractivity contribution in [3.63, 3.8) is 0 Å². The Morgan fingerprint density at radius 1 is 1.69 bits per heavy atom. The van der Waals surface area contributed by atoms with E-state index in [1.54, 1.807) is 0 Å². The van der Waals surface area contributed by atoms with Crippen molar-refractivity contribution in [1.82, 2.24) is 10.2 Å². The van der Waals surface area contributed by atoms with E-state index in [0.717, 1.165) is 32.5 Å². The van der Waals surface area contributed by atoms with Crippen LogP contribution in [0.25, 0.3) is 0 Å². The lowest BCUT2D eigenvalue weighted by Gasteiger charge is -2.37. The zero-order valence-corrected chi connectivity index (χ0v) is 8.62. The van der Waals surface area contributed by atoms with E-state index in [-0.39, 0.29) is 5.92 Å². The van der Waals surface area contributed by atoms with E-state index in [1.165, 1.54) is 6.42 Å². The van der Waals surface area contributed by atoms with Crippen molar-refractivity contribution in [3.8, 4) is 0 Å². The van der Waals surface area contributed by atoms with E-state index in [2.05, 4.69) is 17.1 Å². The Morgan fingerprint density at radius 2 is 2.46 bits per heavy atom. The third-order valence-electron chi connectivity index (χ3n) is 2.73. The van der Waals surface area contributed by atoms with Crippen molar-refractivity contribution in [1.29, 1.82) is 0 Å². The summed E-state index contributed by atoms with van der Waals surface area (Å²) in [7, 11) is 0. The molecule has 3 heteroatoms. The molecule has 1 aliphatic rings. The Labute approximate surface area is 80.5 Å². The highest BCUT2D eigenvalue weighted by Crippen LogP contribution is 2.11. The summed E-state index contributed by atoms with van der Waals surface area (Å²) in [6.45, 7) is 8.40. The van der Waals surface area contributed by atoms with Gasteiger partial charge in [-0.1, -0.05) is 13.8 Å². The molecule has 0 bridgehead atoms. The van der Waals surface area contributed by atoms with Crippen LogP contribution in [0.4, 0.5) is 0 Å². The van der Waals surface area contributed by atoms with Gasteiger partial charge in [-0.05, 0) is 13.0 Å². The normalized spacial score (nSPS) is 27.1. The molecular weight excluding hydrogens is 164 g/mol. The topological polar surface area (TPSA) is 32.3 Å². The fraction of sp³-hybridized carbons (Fsp3) is 0.900. The molecule has 0 saturated carbocycles. The van der Waals surface area contributed by atoms with Crippen LogP contribution in [-0.4, -0.2) is 43.4 Å². The van der Waals surface area contributed by atoms with E-state index in [0.29, 0.717) is 6.04 Å². The number of rotatable bonds is 4. The maximum atomic E-state index is 10.7. The number of carbonyl (C=O) groups excluding carboxylic acids is 1. The van der Waals surface area contributed by atoms with Crippen molar-refractivity contribution in [2.75, 3.05) is 26.2 Å². The lowest BCUT2D eigenvalue weighted by atomic mass is 10.00. The quantitative estimate of drug-likeness (QED) is 0.646. The number of aldehydes is 1. The molecule has 0 aromatic rings. The molecule has 0 amide bonds. The minimum atomic E-state index is 0.152. The first-order valence-corrected chi connectivity index (χ1v) is 5.19. The van der Waals surface area contributed by atoms with Gasteiger partial charge in [-0.2, -0.15) is 0 Å². The first kappa shape index (κ1) is 10.7. The van der Waals surface area contributed by atoms with Gasteiger partial charge in [0, 0.05) is 31.6 Å². The average Bonchev–Trinajstić information content (AvgIpc) is 2.18. The Bertz CT molecular complexity index is 159. The van der Waals surface area contributed by atoms with Crippen LogP contribution in [0.2, 0.25) is 0 Å².